The van der Waals surface area contributed by atoms with Crippen LogP contribution in [0.2, 0.25) is 0 Å². The topological polar surface area (TPSA) is 50.6 Å². The van der Waals surface area contributed by atoms with E-state index in [0.717, 1.165) is 137 Å². The summed E-state index contributed by atoms with van der Waals surface area (Å²) in [6.45, 7) is 41.9. The van der Waals surface area contributed by atoms with Crippen LogP contribution in [-0.4, -0.2) is 9.39 Å². The Balaban J connectivity index is 0. The van der Waals surface area contributed by atoms with Gasteiger partial charge >= 0.3 is 36.9 Å². The predicted octanol–water partition coefficient (Wildman–Crippen LogP) is 39.2. The molecule has 0 bridgehead atoms. The van der Waals surface area contributed by atoms with Crippen molar-refractivity contribution in [3.63, 3.8) is 0 Å². The van der Waals surface area contributed by atoms with Gasteiger partial charge in [-0.3, -0.25) is 0 Å². The van der Waals surface area contributed by atoms with Gasteiger partial charge in [-0.1, -0.05) is 421 Å². The molecule has 0 spiro atoms. The normalized spacial score (nSPS) is 12.3. The molecular weight excluding hydrogens is 1580 g/mol. The van der Waals surface area contributed by atoms with Crippen molar-refractivity contribution in [1.82, 2.24) is 0 Å². The zero-order valence-electron chi connectivity index (χ0n) is 80.4. The van der Waals surface area contributed by atoms with Crippen LogP contribution in [-0.2, 0) is 62.6 Å². The van der Waals surface area contributed by atoms with E-state index < -0.39 is 0 Å². The molecule has 0 saturated carbocycles. The maximum Gasteiger partial charge on any atom is 2.00 e. The third-order valence-corrected chi connectivity index (χ3v) is 23.6. The summed E-state index contributed by atoms with van der Waals surface area (Å²) in [6, 6.07) is 36.0. The van der Waals surface area contributed by atoms with E-state index in [1.807, 2.05) is 0 Å². The molecule has 0 aliphatic carbocycles. The average molecular weight is 1770 g/mol. The SMILES string of the molecule is CCCCCCCCC1=C(c2cccc(CCCC)c2)[N+](=[N-])C(c2cccc(CCCC)c2)=C1CCCC.CCCCCCCCc1cccc(C2=C(CCCC)C(CCCCC)=C(c3cccc(CCCCCCCC)c3)[N+]2=[N-])c1.[CH2-]CCC.[CH2-]CCC.[CH2-]CCCCCCCCCCCCC.[CH2-]CCCCCCCCCCCCC.[Ni+2].[Pd+2]. The van der Waals surface area contributed by atoms with E-state index in [2.05, 4.69) is 208 Å². The van der Waals surface area contributed by atoms with Gasteiger partial charge in [0, 0.05) is 44.5 Å². The predicted molar refractivity (Wildman–Crippen MR) is 527 cm³/mol. The number of unbranched alkanes of at least 4 members (excludes halogenated alkanes) is 45. The summed E-state index contributed by atoms with van der Waals surface area (Å²) >= 11 is 0. The molecule has 0 aromatic heterocycles. The van der Waals surface area contributed by atoms with Crippen molar-refractivity contribution in [2.24, 2.45) is 0 Å². The van der Waals surface area contributed by atoms with Crippen molar-refractivity contribution in [3.05, 3.63) is 203 Å². The van der Waals surface area contributed by atoms with E-state index in [1.165, 1.54) is 370 Å². The van der Waals surface area contributed by atoms with Gasteiger partial charge in [-0.2, -0.15) is 25.7 Å². The maximum absolute atomic E-state index is 12.0. The van der Waals surface area contributed by atoms with E-state index in [9.17, 15) is 11.1 Å². The number of nitrogens with zero attached hydrogens (tertiary/aromatic N) is 4. The Labute approximate surface area is 766 Å². The molecule has 2 heterocycles. The molecule has 4 aromatic rings. The fourth-order valence-electron chi connectivity index (χ4n) is 16.1. The Hall–Kier alpha value is -3.80. The summed E-state index contributed by atoms with van der Waals surface area (Å²) in [6.07, 6.45) is 83.4. The standard InChI is InChI=1S/C41H62N2.C36H52N2.2C14H29.2C4H9.Ni.Pd/c1-5-9-13-15-17-20-24-34-26-22-28-36(32-34)40-38(30-12-8-4)39(31-19-11-7-3)41(43(40)42)37-29-23-27-35(33-37)25-21-18-16-14-10-6-2;1-5-9-13-14-15-16-26-34-33(25-12-8-4)35(31-23-17-21-29(27-31)19-10-6-2)38(37)36(34)32-24-18-22-30(28-32)20-11-7-3;2*1-3-5-7-9-11-13-14-12-10-8-6-4-2;2*1-3-4-2;;/h22-23,26-29,32-33H,5-21,24-25,30-31H2,1-4H3;17-18,21-24,27-28H,5-16,19-20,25-26H2,1-4H3;2*1,3-14H2,2H3;2*1,3-4H2,2H3;;/q;;4*-1;2*+2. The molecule has 0 N–H and O–H groups in total. The van der Waals surface area contributed by atoms with Crippen LogP contribution < -0.4 is 0 Å². The van der Waals surface area contributed by atoms with E-state index in [-0.39, 0.29) is 36.9 Å². The van der Waals surface area contributed by atoms with Crippen molar-refractivity contribution >= 4 is 22.8 Å². The average Bonchev–Trinajstić information content (AvgIpc) is 1.61. The first-order chi connectivity index (χ1) is 57.4. The first kappa shape index (κ1) is 117. The summed E-state index contributed by atoms with van der Waals surface area (Å²) in [4.78, 5) is 0. The van der Waals surface area contributed by atoms with Crippen LogP contribution in [0.4, 0.5) is 0 Å². The van der Waals surface area contributed by atoms with Crippen molar-refractivity contribution < 1.29 is 46.3 Å². The van der Waals surface area contributed by atoms with Gasteiger partial charge in [0.2, 0.25) is 22.8 Å². The molecule has 0 fully saturated rings. The van der Waals surface area contributed by atoms with Crippen LogP contribution in [0.3, 0.4) is 0 Å². The van der Waals surface area contributed by atoms with Gasteiger partial charge in [0.05, 0.1) is 0 Å². The number of aryl methyl sites for hydroxylation is 4. The molecule has 2 aliphatic rings. The van der Waals surface area contributed by atoms with E-state index in [4.69, 9.17) is 0 Å². The summed E-state index contributed by atoms with van der Waals surface area (Å²) in [5.74, 6) is 0. The molecule has 682 valence electrons. The monoisotopic (exact) mass is 1770 g/mol. The largest absolute Gasteiger partial charge is 2.00 e. The van der Waals surface area contributed by atoms with Crippen LogP contribution in [0, 0.1) is 27.7 Å². The van der Waals surface area contributed by atoms with E-state index in [0.29, 0.717) is 0 Å². The maximum atomic E-state index is 12.0. The van der Waals surface area contributed by atoms with Crippen molar-refractivity contribution in [2.75, 3.05) is 0 Å². The van der Waals surface area contributed by atoms with Crippen molar-refractivity contribution in [3.8, 4) is 0 Å². The second-order valence-corrected chi connectivity index (χ2v) is 34.6. The third-order valence-electron chi connectivity index (χ3n) is 23.6. The number of hydrogen-bond donors (Lipinski definition) is 0. The molecule has 6 rings (SSSR count). The second kappa shape index (κ2) is 85.0. The fourth-order valence-corrected chi connectivity index (χ4v) is 16.1. The molecule has 2 aliphatic heterocycles. The molecule has 0 radical (unpaired) electrons. The van der Waals surface area contributed by atoms with Crippen LogP contribution in [0.5, 0.6) is 0 Å². The van der Waals surface area contributed by atoms with Gasteiger partial charge in [0.15, 0.2) is 0 Å². The molecule has 0 saturated heterocycles. The Bertz CT molecular complexity index is 3080. The minimum atomic E-state index is 0. The van der Waals surface area contributed by atoms with Gasteiger partial charge in [0.1, 0.15) is 0 Å². The van der Waals surface area contributed by atoms with Crippen LogP contribution >= 0.6 is 0 Å². The number of allylic oxidation sites excluding steroid dienone is 4. The summed E-state index contributed by atoms with van der Waals surface area (Å²) in [5.41, 5.74) is 43.7. The van der Waals surface area contributed by atoms with E-state index in [1.54, 1.807) is 9.39 Å². The van der Waals surface area contributed by atoms with Gasteiger partial charge in [-0.05, 0) is 174 Å². The van der Waals surface area contributed by atoms with Gasteiger partial charge in [0.25, 0.3) is 0 Å². The van der Waals surface area contributed by atoms with Gasteiger partial charge < -0.3 is 38.8 Å². The van der Waals surface area contributed by atoms with Crippen molar-refractivity contribution in [2.45, 2.75) is 500 Å². The minimum absolute atomic E-state index is 0. The fraction of sp³-hybridized carbons (Fsp3) is 0.681. The minimum Gasteiger partial charge on any atom is -0.493 e. The van der Waals surface area contributed by atoms with Gasteiger partial charge in [-0.15, -0.1) is 0 Å². The Morgan fingerprint density at radius 2 is 0.361 bits per heavy atom. The number of benzene rings is 4. The smallest absolute Gasteiger partial charge is 0.493 e. The zero-order chi connectivity index (χ0) is 85.7. The summed E-state index contributed by atoms with van der Waals surface area (Å²) < 4.78 is 3.15. The van der Waals surface area contributed by atoms with Crippen LogP contribution in [0.25, 0.3) is 33.9 Å². The Kier molecular flexibility index (Phi) is 83.8. The Morgan fingerprint density at radius 1 is 0.202 bits per heavy atom. The Morgan fingerprint density at radius 3 is 0.571 bits per heavy atom. The third kappa shape index (κ3) is 55.3. The van der Waals surface area contributed by atoms with Gasteiger partial charge in [-0.25, -0.2) is 9.39 Å². The number of rotatable bonds is 65. The van der Waals surface area contributed by atoms with Crippen LogP contribution in [0.15, 0.2) is 119 Å². The summed E-state index contributed by atoms with van der Waals surface area (Å²) in [5, 5.41) is 0. The molecule has 4 nitrogen and oxygen atoms in total. The first-order valence-electron chi connectivity index (χ1n) is 50.9. The molecule has 0 amide bonds. The molecule has 6 heteroatoms. The zero-order valence-corrected chi connectivity index (χ0v) is 83.0. The number of hydrogen-bond acceptors (Lipinski definition) is 0. The molecule has 0 atom stereocenters. The van der Waals surface area contributed by atoms with Crippen LogP contribution in [0.1, 0.15) is 519 Å². The first-order valence-corrected chi connectivity index (χ1v) is 50.9. The molecular formula is C113H190N4NiPd. The second-order valence-electron chi connectivity index (χ2n) is 34.6. The molecule has 0 unspecified atom stereocenters. The summed E-state index contributed by atoms with van der Waals surface area (Å²) in [7, 11) is 0. The molecule has 119 heavy (non-hydrogen) atoms. The van der Waals surface area contributed by atoms with Crippen molar-refractivity contribution in [1.29, 1.82) is 0 Å². The van der Waals surface area contributed by atoms with E-state index >= 15 is 0 Å². The molecule has 4 aromatic carbocycles. The quantitative estimate of drug-likeness (QED) is 0.0183.